The summed E-state index contributed by atoms with van der Waals surface area (Å²) in [6.07, 6.45) is 0.850. The molecule has 2 heterocycles. The van der Waals surface area contributed by atoms with Crippen molar-refractivity contribution in [3.8, 4) is 0 Å². The molecular formula is C19H27F2IN6S. The molecule has 0 saturated carbocycles. The number of benzene rings is 1. The summed E-state index contributed by atoms with van der Waals surface area (Å²) in [7, 11) is 1.76. The first-order valence-corrected chi connectivity index (χ1v) is 10.3. The minimum absolute atomic E-state index is 0. The first kappa shape index (κ1) is 23.7. The van der Waals surface area contributed by atoms with Gasteiger partial charge in [0.1, 0.15) is 5.82 Å². The SMILES string of the molecule is CCc1nsc(N2CCN(C(=NC)NCC(C)c3ccc(F)c(F)c3)CC2)n1.I. The molecule has 1 N–H and O–H groups in total. The highest BCUT2D eigenvalue weighted by Gasteiger charge is 2.22. The van der Waals surface area contributed by atoms with Crippen LogP contribution in [0.2, 0.25) is 0 Å². The Morgan fingerprint density at radius 2 is 1.97 bits per heavy atom. The van der Waals surface area contributed by atoms with Crippen molar-refractivity contribution in [1.82, 2.24) is 19.6 Å². The monoisotopic (exact) mass is 536 g/mol. The molecule has 1 atom stereocenters. The van der Waals surface area contributed by atoms with E-state index < -0.39 is 11.6 Å². The Morgan fingerprint density at radius 3 is 2.55 bits per heavy atom. The number of nitrogens with one attached hydrogen (secondary N) is 1. The van der Waals surface area contributed by atoms with Crippen molar-refractivity contribution in [2.24, 2.45) is 4.99 Å². The molecular weight excluding hydrogens is 509 g/mol. The van der Waals surface area contributed by atoms with E-state index in [9.17, 15) is 8.78 Å². The molecule has 0 aliphatic carbocycles. The predicted molar refractivity (Wildman–Crippen MR) is 125 cm³/mol. The fourth-order valence-corrected chi connectivity index (χ4v) is 3.94. The van der Waals surface area contributed by atoms with Crippen molar-refractivity contribution in [3.63, 3.8) is 0 Å². The molecule has 1 aromatic carbocycles. The second-order valence-corrected chi connectivity index (χ2v) is 7.55. The smallest absolute Gasteiger partial charge is 0.205 e. The quantitative estimate of drug-likeness (QED) is 0.360. The minimum Gasteiger partial charge on any atom is -0.356 e. The average Bonchev–Trinajstić information content (AvgIpc) is 3.20. The van der Waals surface area contributed by atoms with Crippen molar-refractivity contribution < 1.29 is 8.78 Å². The Bertz CT molecular complexity index is 823. The maximum Gasteiger partial charge on any atom is 0.205 e. The van der Waals surface area contributed by atoms with Gasteiger partial charge < -0.3 is 15.1 Å². The van der Waals surface area contributed by atoms with Gasteiger partial charge in [-0.2, -0.15) is 4.37 Å². The summed E-state index contributed by atoms with van der Waals surface area (Å²) in [5, 5.41) is 4.33. The normalized spacial score (nSPS) is 15.8. The molecule has 1 fully saturated rings. The van der Waals surface area contributed by atoms with Crippen LogP contribution in [-0.2, 0) is 6.42 Å². The number of hydrogen-bond donors (Lipinski definition) is 1. The standard InChI is InChI=1S/C19H26F2N6S.HI/c1-4-17-24-19(28-25-17)27-9-7-26(8-10-27)18(22-3)23-12-13(2)14-5-6-15(20)16(21)11-14;/h5-6,11,13H,4,7-10,12H2,1-3H3,(H,22,23);1H. The number of piperazine rings is 1. The van der Waals surface area contributed by atoms with Crippen LogP contribution < -0.4 is 10.2 Å². The molecule has 160 valence electrons. The number of aryl methyl sites for hydroxylation is 1. The van der Waals surface area contributed by atoms with Gasteiger partial charge in [0.2, 0.25) is 5.13 Å². The second-order valence-electron chi connectivity index (χ2n) is 6.82. The number of nitrogens with zero attached hydrogens (tertiary/aromatic N) is 5. The summed E-state index contributed by atoms with van der Waals surface area (Å²) in [5.74, 6) is 0.112. The van der Waals surface area contributed by atoms with E-state index in [4.69, 9.17) is 0 Å². The molecule has 1 aromatic heterocycles. The Morgan fingerprint density at radius 1 is 1.24 bits per heavy atom. The molecule has 0 radical (unpaired) electrons. The highest BCUT2D eigenvalue weighted by Crippen LogP contribution is 2.20. The first-order chi connectivity index (χ1) is 13.5. The van der Waals surface area contributed by atoms with Crippen LogP contribution in [0.3, 0.4) is 0 Å². The van der Waals surface area contributed by atoms with Gasteiger partial charge >= 0.3 is 0 Å². The van der Waals surface area contributed by atoms with Gasteiger partial charge in [-0.05, 0) is 23.6 Å². The Balaban J connectivity index is 0.00000300. The lowest BCUT2D eigenvalue weighted by atomic mass is 10.0. The van der Waals surface area contributed by atoms with E-state index in [2.05, 4.69) is 36.4 Å². The lowest BCUT2D eigenvalue weighted by Crippen LogP contribution is -2.53. The molecule has 3 rings (SSSR count). The molecule has 1 aliphatic rings. The third kappa shape index (κ3) is 5.97. The Hall–Kier alpha value is -1.56. The molecule has 0 spiro atoms. The first-order valence-electron chi connectivity index (χ1n) is 9.49. The molecule has 0 amide bonds. The van der Waals surface area contributed by atoms with Crippen LogP contribution in [0.1, 0.15) is 31.2 Å². The van der Waals surface area contributed by atoms with Gasteiger partial charge in [0.15, 0.2) is 17.6 Å². The molecule has 10 heteroatoms. The van der Waals surface area contributed by atoms with E-state index in [1.54, 1.807) is 13.1 Å². The van der Waals surface area contributed by atoms with Crippen molar-refractivity contribution in [1.29, 1.82) is 0 Å². The summed E-state index contributed by atoms with van der Waals surface area (Å²) in [6.45, 7) is 8.01. The lowest BCUT2D eigenvalue weighted by Gasteiger charge is -2.36. The number of halogens is 3. The number of guanidine groups is 1. The lowest BCUT2D eigenvalue weighted by molar-refractivity contribution is 0.371. The van der Waals surface area contributed by atoms with Gasteiger partial charge in [-0.25, -0.2) is 13.8 Å². The summed E-state index contributed by atoms with van der Waals surface area (Å²) in [5.41, 5.74) is 0.759. The zero-order valence-corrected chi connectivity index (χ0v) is 20.0. The van der Waals surface area contributed by atoms with E-state index >= 15 is 0 Å². The molecule has 6 nitrogen and oxygen atoms in total. The summed E-state index contributed by atoms with van der Waals surface area (Å²) in [6, 6.07) is 4.06. The summed E-state index contributed by atoms with van der Waals surface area (Å²) >= 11 is 1.45. The van der Waals surface area contributed by atoms with Crippen molar-refractivity contribution in [2.75, 3.05) is 44.7 Å². The predicted octanol–water partition coefficient (Wildman–Crippen LogP) is 3.50. The zero-order chi connectivity index (χ0) is 20.1. The molecule has 1 unspecified atom stereocenters. The third-order valence-corrected chi connectivity index (χ3v) is 5.73. The number of hydrogen-bond acceptors (Lipinski definition) is 5. The van der Waals surface area contributed by atoms with Gasteiger partial charge in [-0.3, -0.25) is 4.99 Å². The summed E-state index contributed by atoms with van der Waals surface area (Å²) < 4.78 is 30.9. The third-order valence-electron chi connectivity index (χ3n) is 4.91. The minimum atomic E-state index is -0.820. The van der Waals surface area contributed by atoms with E-state index in [-0.39, 0.29) is 29.9 Å². The number of aromatic nitrogens is 2. The Labute approximate surface area is 191 Å². The maximum atomic E-state index is 13.5. The van der Waals surface area contributed by atoms with Crippen LogP contribution in [0, 0.1) is 11.6 Å². The van der Waals surface area contributed by atoms with Crippen molar-refractivity contribution in [3.05, 3.63) is 41.2 Å². The van der Waals surface area contributed by atoms with E-state index in [1.165, 1.54) is 23.7 Å². The van der Waals surface area contributed by atoms with Crippen LogP contribution >= 0.6 is 35.5 Å². The van der Waals surface area contributed by atoms with E-state index in [1.807, 2.05) is 6.92 Å². The van der Waals surface area contributed by atoms with E-state index in [0.29, 0.717) is 6.54 Å². The Kier molecular flexibility index (Phi) is 9.00. The van der Waals surface area contributed by atoms with Gasteiger partial charge in [0, 0.05) is 57.7 Å². The van der Waals surface area contributed by atoms with Crippen molar-refractivity contribution >= 4 is 46.6 Å². The van der Waals surface area contributed by atoms with Gasteiger partial charge in [-0.1, -0.05) is 19.9 Å². The largest absolute Gasteiger partial charge is 0.356 e. The van der Waals surface area contributed by atoms with Gasteiger partial charge in [-0.15, -0.1) is 24.0 Å². The average molecular weight is 536 g/mol. The zero-order valence-electron chi connectivity index (χ0n) is 16.9. The summed E-state index contributed by atoms with van der Waals surface area (Å²) in [4.78, 5) is 13.4. The number of aliphatic imine (C=N–C) groups is 1. The van der Waals surface area contributed by atoms with Crippen LogP contribution in [0.5, 0.6) is 0 Å². The number of anilines is 1. The van der Waals surface area contributed by atoms with Gasteiger partial charge in [0.05, 0.1) is 0 Å². The molecule has 2 aromatic rings. The highest BCUT2D eigenvalue weighted by molar-refractivity contribution is 14.0. The fraction of sp³-hybridized carbons (Fsp3) is 0.526. The van der Waals surface area contributed by atoms with Crippen LogP contribution in [0.4, 0.5) is 13.9 Å². The number of rotatable bonds is 5. The van der Waals surface area contributed by atoms with Crippen LogP contribution in [-0.4, -0.2) is 60.0 Å². The molecule has 1 aliphatic heterocycles. The van der Waals surface area contributed by atoms with Crippen LogP contribution in [0.15, 0.2) is 23.2 Å². The second kappa shape index (κ2) is 11.0. The molecule has 0 bridgehead atoms. The van der Waals surface area contributed by atoms with E-state index in [0.717, 1.165) is 55.1 Å². The fourth-order valence-electron chi connectivity index (χ4n) is 3.14. The molecule has 1 saturated heterocycles. The van der Waals surface area contributed by atoms with Crippen molar-refractivity contribution in [2.45, 2.75) is 26.2 Å². The molecule has 29 heavy (non-hydrogen) atoms. The maximum absolute atomic E-state index is 13.5. The van der Waals surface area contributed by atoms with Gasteiger partial charge in [0.25, 0.3) is 0 Å². The van der Waals surface area contributed by atoms with Crippen LogP contribution in [0.25, 0.3) is 0 Å². The highest BCUT2D eigenvalue weighted by atomic mass is 127. The topological polar surface area (TPSA) is 56.7 Å².